The Balaban J connectivity index is 2.21. The number of benzene rings is 1. The summed E-state index contributed by atoms with van der Waals surface area (Å²) in [5.41, 5.74) is 1.44. The Hall–Kier alpha value is -1.57. The third-order valence-electron chi connectivity index (χ3n) is 4.16. The molecule has 0 saturated heterocycles. The van der Waals surface area contributed by atoms with Crippen LogP contribution in [0.4, 0.5) is 0 Å². The van der Waals surface area contributed by atoms with Crippen LogP contribution in [-0.2, 0) is 6.42 Å². The molecule has 1 aromatic heterocycles. The summed E-state index contributed by atoms with van der Waals surface area (Å²) in [5, 5.41) is 0. The van der Waals surface area contributed by atoms with Gasteiger partial charge in [0.15, 0.2) is 0 Å². The maximum absolute atomic E-state index is 4.24. The van der Waals surface area contributed by atoms with E-state index in [-0.39, 0.29) is 0 Å². The number of nitrogens with zero attached hydrogens (tertiary/aromatic N) is 2. The zero-order chi connectivity index (χ0) is 14.4. The number of hydrogen-bond acceptors (Lipinski definition) is 1. The summed E-state index contributed by atoms with van der Waals surface area (Å²) < 4.78 is 2.30. The summed E-state index contributed by atoms with van der Waals surface area (Å²) in [6.45, 7) is 6.95. The van der Waals surface area contributed by atoms with Gasteiger partial charge < -0.3 is 4.57 Å². The van der Waals surface area contributed by atoms with E-state index >= 15 is 0 Å². The molecule has 2 aromatic rings. The Morgan fingerprint density at radius 3 is 2.45 bits per heavy atom. The zero-order valence-corrected chi connectivity index (χ0v) is 12.9. The SMILES string of the molecule is CCCC(C(Cc1ccccc1)C(C)C)n1ccnc1. The zero-order valence-electron chi connectivity index (χ0n) is 12.9. The molecule has 20 heavy (non-hydrogen) atoms. The fraction of sp³-hybridized carbons (Fsp3) is 0.500. The monoisotopic (exact) mass is 270 g/mol. The molecule has 2 unspecified atom stereocenters. The molecule has 108 valence electrons. The van der Waals surface area contributed by atoms with E-state index in [9.17, 15) is 0 Å². The second-order valence-corrected chi connectivity index (χ2v) is 5.96. The first-order valence-electron chi connectivity index (χ1n) is 7.73. The van der Waals surface area contributed by atoms with Gasteiger partial charge in [0.05, 0.1) is 6.33 Å². The normalized spacial score (nSPS) is 14.4. The Morgan fingerprint density at radius 1 is 1.15 bits per heavy atom. The highest BCUT2D eigenvalue weighted by Crippen LogP contribution is 2.32. The Labute approximate surface area is 122 Å². The lowest BCUT2D eigenvalue weighted by Crippen LogP contribution is -2.25. The van der Waals surface area contributed by atoms with Crippen LogP contribution in [0.1, 0.15) is 45.2 Å². The summed E-state index contributed by atoms with van der Waals surface area (Å²) in [7, 11) is 0. The van der Waals surface area contributed by atoms with Crippen molar-refractivity contribution in [1.82, 2.24) is 9.55 Å². The van der Waals surface area contributed by atoms with Gasteiger partial charge in [-0.15, -0.1) is 0 Å². The minimum Gasteiger partial charge on any atom is -0.334 e. The molecule has 0 aliphatic rings. The maximum Gasteiger partial charge on any atom is 0.0948 e. The lowest BCUT2D eigenvalue weighted by Gasteiger charge is -2.31. The third kappa shape index (κ3) is 3.72. The van der Waals surface area contributed by atoms with Crippen molar-refractivity contribution in [2.45, 2.75) is 46.1 Å². The number of aromatic nitrogens is 2. The first-order chi connectivity index (χ1) is 9.72. The number of rotatable bonds is 7. The van der Waals surface area contributed by atoms with E-state index < -0.39 is 0 Å². The van der Waals surface area contributed by atoms with Gasteiger partial charge in [-0.05, 0) is 30.2 Å². The lowest BCUT2D eigenvalue weighted by molar-refractivity contribution is 0.237. The third-order valence-corrected chi connectivity index (χ3v) is 4.16. The molecule has 0 fully saturated rings. The molecule has 1 heterocycles. The van der Waals surface area contributed by atoms with Gasteiger partial charge in [0.2, 0.25) is 0 Å². The smallest absolute Gasteiger partial charge is 0.0948 e. The molecule has 0 radical (unpaired) electrons. The summed E-state index contributed by atoms with van der Waals surface area (Å²) in [5.74, 6) is 1.31. The van der Waals surface area contributed by atoms with E-state index in [2.05, 4.69) is 66.9 Å². The molecule has 0 amide bonds. The van der Waals surface area contributed by atoms with E-state index in [0.717, 1.165) is 6.42 Å². The van der Waals surface area contributed by atoms with Crippen LogP contribution in [0, 0.1) is 11.8 Å². The molecule has 0 saturated carbocycles. The molecule has 0 aliphatic heterocycles. The average molecular weight is 270 g/mol. The molecule has 2 rings (SSSR count). The Morgan fingerprint density at radius 2 is 1.90 bits per heavy atom. The topological polar surface area (TPSA) is 17.8 Å². The van der Waals surface area contributed by atoms with Crippen LogP contribution in [0.5, 0.6) is 0 Å². The quantitative estimate of drug-likeness (QED) is 0.710. The minimum atomic E-state index is 0.544. The first-order valence-corrected chi connectivity index (χ1v) is 7.73. The lowest BCUT2D eigenvalue weighted by atomic mass is 9.81. The van der Waals surface area contributed by atoms with Crippen LogP contribution in [0.2, 0.25) is 0 Å². The van der Waals surface area contributed by atoms with Crippen molar-refractivity contribution in [1.29, 1.82) is 0 Å². The van der Waals surface area contributed by atoms with E-state index in [1.54, 1.807) is 0 Å². The van der Waals surface area contributed by atoms with Crippen LogP contribution >= 0.6 is 0 Å². The Bertz CT molecular complexity index is 473. The van der Waals surface area contributed by atoms with Crippen molar-refractivity contribution in [3.05, 3.63) is 54.6 Å². The van der Waals surface area contributed by atoms with Gasteiger partial charge in [0.1, 0.15) is 0 Å². The molecular formula is C18H26N2. The molecule has 2 atom stereocenters. The molecule has 0 aliphatic carbocycles. The van der Waals surface area contributed by atoms with Gasteiger partial charge in [-0.2, -0.15) is 0 Å². The fourth-order valence-electron chi connectivity index (χ4n) is 3.05. The summed E-state index contributed by atoms with van der Waals surface area (Å²) in [6, 6.07) is 11.4. The van der Waals surface area contributed by atoms with Crippen LogP contribution in [0.3, 0.4) is 0 Å². The van der Waals surface area contributed by atoms with Crippen LogP contribution in [0.25, 0.3) is 0 Å². The molecule has 0 bridgehead atoms. The number of hydrogen-bond donors (Lipinski definition) is 0. The average Bonchev–Trinajstić information content (AvgIpc) is 2.97. The van der Waals surface area contributed by atoms with Crippen molar-refractivity contribution >= 4 is 0 Å². The van der Waals surface area contributed by atoms with Crippen LogP contribution in [-0.4, -0.2) is 9.55 Å². The fourth-order valence-corrected chi connectivity index (χ4v) is 3.05. The molecule has 0 N–H and O–H groups in total. The van der Waals surface area contributed by atoms with Crippen molar-refractivity contribution in [3.8, 4) is 0 Å². The molecule has 1 aromatic carbocycles. The highest BCUT2D eigenvalue weighted by molar-refractivity contribution is 5.15. The number of imidazole rings is 1. The molecule has 0 spiro atoms. The second kappa shape index (κ2) is 7.28. The summed E-state index contributed by atoms with van der Waals surface area (Å²) in [6.07, 6.45) is 9.54. The van der Waals surface area contributed by atoms with Gasteiger partial charge in [-0.3, -0.25) is 0 Å². The van der Waals surface area contributed by atoms with Gasteiger partial charge in [-0.25, -0.2) is 4.98 Å². The minimum absolute atomic E-state index is 0.544. The van der Waals surface area contributed by atoms with Gasteiger partial charge in [0.25, 0.3) is 0 Å². The first kappa shape index (κ1) is 14.8. The molecule has 2 nitrogen and oxygen atoms in total. The Kier molecular flexibility index (Phi) is 5.40. The molecular weight excluding hydrogens is 244 g/mol. The van der Waals surface area contributed by atoms with E-state index in [4.69, 9.17) is 0 Å². The van der Waals surface area contributed by atoms with E-state index in [1.165, 1.54) is 18.4 Å². The van der Waals surface area contributed by atoms with Gasteiger partial charge in [-0.1, -0.05) is 57.5 Å². The predicted molar refractivity (Wildman–Crippen MR) is 84.6 cm³/mol. The van der Waals surface area contributed by atoms with Crippen molar-refractivity contribution < 1.29 is 0 Å². The van der Waals surface area contributed by atoms with Crippen molar-refractivity contribution in [3.63, 3.8) is 0 Å². The predicted octanol–water partition coefficient (Wildman–Crippen LogP) is 4.74. The van der Waals surface area contributed by atoms with Crippen LogP contribution in [0.15, 0.2) is 49.1 Å². The van der Waals surface area contributed by atoms with Gasteiger partial charge in [0, 0.05) is 18.4 Å². The van der Waals surface area contributed by atoms with Crippen LogP contribution < -0.4 is 0 Å². The highest BCUT2D eigenvalue weighted by Gasteiger charge is 2.25. The molecule has 2 heteroatoms. The maximum atomic E-state index is 4.24. The highest BCUT2D eigenvalue weighted by atomic mass is 15.1. The van der Waals surface area contributed by atoms with Crippen molar-refractivity contribution in [2.75, 3.05) is 0 Å². The standard InChI is InChI=1S/C18H26N2/c1-4-8-18(20-12-11-19-14-20)17(15(2)3)13-16-9-6-5-7-10-16/h5-7,9-12,14-15,17-18H,4,8,13H2,1-3H3. The summed E-state index contributed by atoms with van der Waals surface area (Å²) in [4.78, 5) is 4.24. The largest absolute Gasteiger partial charge is 0.334 e. The van der Waals surface area contributed by atoms with Gasteiger partial charge >= 0.3 is 0 Å². The van der Waals surface area contributed by atoms with E-state index in [0.29, 0.717) is 17.9 Å². The van der Waals surface area contributed by atoms with Crippen molar-refractivity contribution in [2.24, 2.45) is 11.8 Å². The second-order valence-electron chi connectivity index (χ2n) is 5.96. The van der Waals surface area contributed by atoms with E-state index in [1.807, 2.05) is 12.5 Å². The summed E-state index contributed by atoms with van der Waals surface area (Å²) >= 11 is 0.